The predicted molar refractivity (Wildman–Crippen MR) is 261 cm³/mol. The third-order valence-corrected chi connectivity index (χ3v) is 10.4. The van der Waals surface area contributed by atoms with E-state index in [0.29, 0.717) is 19.3 Å². The van der Waals surface area contributed by atoms with Crippen LogP contribution in [-0.2, 0) is 28.6 Å². The zero-order valence-corrected chi connectivity index (χ0v) is 39.7. The van der Waals surface area contributed by atoms with E-state index >= 15 is 0 Å². The molecule has 0 aromatic rings. The second kappa shape index (κ2) is 49.2. The van der Waals surface area contributed by atoms with Gasteiger partial charge in [-0.15, -0.1) is 0 Å². The highest BCUT2D eigenvalue weighted by Gasteiger charge is 2.19. The largest absolute Gasteiger partial charge is 0.462 e. The normalized spacial score (nSPS) is 12.8. The lowest BCUT2D eigenvalue weighted by Crippen LogP contribution is -2.30. The van der Waals surface area contributed by atoms with Gasteiger partial charge < -0.3 is 14.2 Å². The van der Waals surface area contributed by atoms with Crippen molar-refractivity contribution in [1.82, 2.24) is 0 Å². The zero-order valence-electron chi connectivity index (χ0n) is 39.7. The Bertz CT molecular complexity index is 1200. The van der Waals surface area contributed by atoms with Crippen molar-refractivity contribution in [1.29, 1.82) is 0 Å². The van der Waals surface area contributed by atoms with Gasteiger partial charge in [-0.1, -0.05) is 209 Å². The number of unbranched alkanes of at least 4 members (excludes halogenated alkanes) is 19. The average molecular weight is 849 g/mol. The van der Waals surface area contributed by atoms with Crippen molar-refractivity contribution in [3.05, 3.63) is 85.1 Å². The molecule has 0 aliphatic heterocycles. The van der Waals surface area contributed by atoms with E-state index in [0.717, 1.165) is 89.9 Å². The number of rotatable bonds is 44. The Hall–Kier alpha value is -3.41. The summed E-state index contributed by atoms with van der Waals surface area (Å²) in [6.45, 7) is 6.40. The fourth-order valence-corrected chi connectivity index (χ4v) is 6.64. The van der Waals surface area contributed by atoms with Crippen LogP contribution >= 0.6 is 0 Å². The molecule has 0 amide bonds. The number of esters is 3. The number of carbonyl (C=O) groups is 3. The average Bonchev–Trinajstić information content (AvgIpc) is 3.26. The summed E-state index contributed by atoms with van der Waals surface area (Å²) in [7, 11) is 0. The SMILES string of the molecule is CC/C=C\C/C=C\C/C=C\C/C=C\CCC(=O)OC(COC(=O)CCCCCCCC/C=C\C/C=C\C/C=C\CCCCCCC)COC(=O)CCCCCCCCCCC. The summed E-state index contributed by atoms with van der Waals surface area (Å²) in [6, 6.07) is 0. The standard InChI is InChI=1S/C55H92O6/c1-4-7-10-13-16-19-21-23-24-25-26-27-28-29-30-32-33-36-39-42-45-48-54(57)60-51-52(50-59-53(56)47-44-41-38-35-18-15-12-9-6-3)61-55(58)49-46-43-40-37-34-31-22-20-17-14-11-8-5-2/h8,11,17,20-21,23,25-26,28-29,31,34,40,43,52H,4-7,9-10,12-16,18-19,22,24,27,30,32-33,35-39,41-42,44-51H2,1-3H3/b11-8-,20-17-,23-21-,26-25-,29-28-,34-31-,43-40-. The maximum Gasteiger partial charge on any atom is 0.306 e. The van der Waals surface area contributed by atoms with Crippen molar-refractivity contribution in [3.63, 3.8) is 0 Å². The van der Waals surface area contributed by atoms with Crippen molar-refractivity contribution >= 4 is 17.9 Å². The number of hydrogen-bond donors (Lipinski definition) is 0. The Morgan fingerprint density at radius 1 is 0.344 bits per heavy atom. The molecule has 0 fully saturated rings. The van der Waals surface area contributed by atoms with Gasteiger partial charge in [0, 0.05) is 19.3 Å². The van der Waals surface area contributed by atoms with Crippen LogP contribution in [0.3, 0.4) is 0 Å². The Morgan fingerprint density at radius 3 is 1.07 bits per heavy atom. The molecule has 0 rings (SSSR count). The van der Waals surface area contributed by atoms with Crippen LogP contribution in [-0.4, -0.2) is 37.2 Å². The molecule has 0 saturated carbocycles. The summed E-state index contributed by atoms with van der Waals surface area (Å²) in [4.78, 5) is 37.8. The first-order valence-corrected chi connectivity index (χ1v) is 25.1. The molecule has 0 aromatic heterocycles. The third kappa shape index (κ3) is 47.5. The maximum absolute atomic E-state index is 12.7. The van der Waals surface area contributed by atoms with Gasteiger partial charge in [-0.25, -0.2) is 0 Å². The van der Waals surface area contributed by atoms with Crippen LogP contribution in [0, 0.1) is 0 Å². The molecule has 0 saturated heterocycles. The number of hydrogen-bond acceptors (Lipinski definition) is 6. The molecule has 0 N–H and O–H groups in total. The fourth-order valence-electron chi connectivity index (χ4n) is 6.64. The van der Waals surface area contributed by atoms with Crippen LogP contribution < -0.4 is 0 Å². The van der Waals surface area contributed by atoms with E-state index in [1.807, 2.05) is 12.2 Å². The van der Waals surface area contributed by atoms with Gasteiger partial charge in [0.15, 0.2) is 6.10 Å². The highest BCUT2D eigenvalue weighted by atomic mass is 16.6. The molecule has 6 nitrogen and oxygen atoms in total. The summed E-state index contributed by atoms with van der Waals surface area (Å²) < 4.78 is 16.6. The Kier molecular flexibility index (Phi) is 46.5. The summed E-state index contributed by atoms with van der Waals surface area (Å²) in [5, 5.41) is 0. The second-order valence-corrected chi connectivity index (χ2v) is 16.3. The minimum atomic E-state index is -0.817. The van der Waals surface area contributed by atoms with Crippen LogP contribution in [0.25, 0.3) is 0 Å². The van der Waals surface area contributed by atoms with Crippen LogP contribution in [0.1, 0.15) is 226 Å². The van der Waals surface area contributed by atoms with Crippen LogP contribution in [0.4, 0.5) is 0 Å². The number of allylic oxidation sites excluding steroid dienone is 14. The van der Waals surface area contributed by atoms with Gasteiger partial charge in [0.05, 0.1) is 0 Å². The topological polar surface area (TPSA) is 78.9 Å². The lowest BCUT2D eigenvalue weighted by molar-refractivity contribution is -0.166. The molecule has 0 heterocycles. The van der Waals surface area contributed by atoms with Gasteiger partial charge >= 0.3 is 17.9 Å². The zero-order chi connectivity index (χ0) is 44.4. The molecule has 1 atom stereocenters. The summed E-state index contributed by atoms with van der Waals surface area (Å²) >= 11 is 0. The first-order chi connectivity index (χ1) is 30.0. The van der Waals surface area contributed by atoms with Gasteiger partial charge in [0.25, 0.3) is 0 Å². The molecule has 0 spiro atoms. The Morgan fingerprint density at radius 2 is 0.672 bits per heavy atom. The lowest BCUT2D eigenvalue weighted by atomic mass is 10.1. The molecule has 1 unspecified atom stereocenters. The maximum atomic E-state index is 12.7. The molecule has 61 heavy (non-hydrogen) atoms. The molecule has 0 radical (unpaired) electrons. The second-order valence-electron chi connectivity index (χ2n) is 16.3. The van der Waals surface area contributed by atoms with Gasteiger partial charge in [0.2, 0.25) is 0 Å². The summed E-state index contributed by atoms with van der Waals surface area (Å²) in [6.07, 6.45) is 63.0. The minimum Gasteiger partial charge on any atom is -0.462 e. The predicted octanol–water partition coefficient (Wildman–Crippen LogP) is 16.4. The molecule has 348 valence electrons. The van der Waals surface area contributed by atoms with E-state index < -0.39 is 12.1 Å². The van der Waals surface area contributed by atoms with Crippen LogP contribution in [0.15, 0.2) is 85.1 Å². The van der Waals surface area contributed by atoms with E-state index in [9.17, 15) is 14.4 Å². The molecule has 0 aliphatic carbocycles. The third-order valence-electron chi connectivity index (χ3n) is 10.4. The molecule has 0 aromatic carbocycles. The number of ether oxygens (including phenoxy) is 3. The monoisotopic (exact) mass is 849 g/mol. The molecule has 6 heteroatoms. The van der Waals surface area contributed by atoms with Crippen molar-refractivity contribution in [2.24, 2.45) is 0 Å². The first-order valence-electron chi connectivity index (χ1n) is 25.1. The Balaban J connectivity index is 4.39. The van der Waals surface area contributed by atoms with Crippen LogP contribution in [0.2, 0.25) is 0 Å². The van der Waals surface area contributed by atoms with E-state index in [2.05, 4.69) is 93.7 Å². The number of carbonyl (C=O) groups excluding carboxylic acids is 3. The summed E-state index contributed by atoms with van der Waals surface area (Å²) in [5.41, 5.74) is 0. The van der Waals surface area contributed by atoms with Gasteiger partial charge in [-0.3, -0.25) is 14.4 Å². The van der Waals surface area contributed by atoms with Crippen molar-refractivity contribution < 1.29 is 28.6 Å². The molecule has 0 aliphatic rings. The molecule has 0 bridgehead atoms. The Labute approximate surface area is 375 Å². The van der Waals surface area contributed by atoms with Crippen molar-refractivity contribution in [2.45, 2.75) is 232 Å². The van der Waals surface area contributed by atoms with Crippen LogP contribution in [0.5, 0.6) is 0 Å². The first kappa shape index (κ1) is 57.6. The lowest BCUT2D eigenvalue weighted by Gasteiger charge is -2.18. The smallest absolute Gasteiger partial charge is 0.306 e. The van der Waals surface area contributed by atoms with E-state index in [1.165, 1.54) is 89.9 Å². The van der Waals surface area contributed by atoms with E-state index in [-0.39, 0.29) is 31.6 Å². The van der Waals surface area contributed by atoms with E-state index in [1.54, 1.807) is 0 Å². The summed E-state index contributed by atoms with van der Waals surface area (Å²) in [5.74, 6) is -1.01. The molecular weight excluding hydrogens is 757 g/mol. The quantitative estimate of drug-likeness (QED) is 0.0263. The van der Waals surface area contributed by atoms with Crippen molar-refractivity contribution in [2.75, 3.05) is 13.2 Å². The van der Waals surface area contributed by atoms with Crippen molar-refractivity contribution in [3.8, 4) is 0 Å². The highest BCUT2D eigenvalue weighted by Crippen LogP contribution is 2.13. The highest BCUT2D eigenvalue weighted by molar-refractivity contribution is 5.71. The minimum absolute atomic E-state index is 0.109. The van der Waals surface area contributed by atoms with E-state index in [4.69, 9.17) is 14.2 Å². The van der Waals surface area contributed by atoms with Gasteiger partial charge in [0.1, 0.15) is 13.2 Å². The van der Waals surface area contributed by atoms with Gasteiger partial charge in [-0.2, -0.15) is 0 Å². The molecular formula is C55H92O6. The fraction of sp³-hybridized carbons (Fsp3) is 0.691. The van der Waals surface area contributed by atoms with Gasteiger partial charge in [-0.05, 0) is 83.5 Å².